The van der Waals surface area contributed by atoms with Gasteiger partial charge in [0, 0.05) is 23.5 Å². The molecule has 2 aromatic carbocycles. The Balaban J connectivity index is 1.78. The third kappa shape index (κ3) is 8.31. The van der Waals surface area contributed by atoms with Gasteiger partial charge in [-0.1, -0.05) is 58.0 Å². The molecule has 41 heavy (non-hydrogen) atoms. The maximum absolute atomic E-state index is 13.5. The zero-order valence-corrected chi connectivity index (χ0v) is 23.7. The van der Waals surface area contributed by atoms with Gasteiger partial charge < -0.3 is 36.9 Å². The Labute approximate surface area is 238 Å². The second-order valence-electron chi connectivity index (χ2n) is 10.9. The minimum atomic E-state index is -1.18. The van der Waals surface area contributed by atoms with E-state index in [2.05, 4.69) is 20.9 Å². The molecule has 3 rings (SSSR count). The normalized spacial score (nSPS) is 14.3. The molecule has 1 heterocycles. The number of phenols is 1. The smallest absolute Gasteiger partial charge is 0.326 e. The number of aliphatic carboxylic acids is 1. The molecule has 4 atom stereocenters. The van der Waals surface area contributed by atoms with Gasteiger partial charge in [0.1, 0.15) is 23.9 Å². The fourth-order valence-electron chi connectivity index (χ4n) is 4.53. The highest BCUT2D eigenvalue weighted by atomic mass is 16.4. The van der Waals surface area contributed by atoms with Crippen molar-refractivity contribution in [3.8, 4) is 5.75 Å². The van der Waals surface area contributed by atoms with Gasteiger partial charge in [0.15, 0.2) is 0 Å². The van der Waals surface area contributed by atoms with Gasteiger partial charge in [-0.25, -0.2) is 4.79 Å². The molecule has 4 unspecified atom stereocenters. The standard InChI is InChI=1S/C30H39N5O6/c1-16(2)25(29(39)35-26(17(3)4)30(40)41)34-28(38)24(13-18-9-11-20(36)12-10-18)33-27(37)22(31)14-19-15-32-23-8-6-5-7-21(19)23/h5-12,15-17,22,24-26,32,36H,13-14,31H2,1-4H3,(H,33,37)(H,34,38)(H,35,39)(H,40,41). The molecule has 0 bridgehead atoms. The second-order valence-corrected chi connectivity index (χ2v) is 10.9. The van der Waals surface area contributed by atoms with E-state index in [4.69, 9.17) is 5.73 Å². The summed E-state index contributed by atoms with van der Waals surface area (Å²) in [6, 6.07) is 9.59. The Hall–Kier alpha value is -4.38. The molecule has 0 radical (unpaired) electrons. The van der Waals surface area contributed by atoms with Crippen LogP contribution in [0.5, 0.6) is 5.75 Å². The van der Waals surface area contributed by atoms with E-state index in [1.54, 1.807) is 46.0 Å². The molecule has 0 saturated heterocycles. The van der Waals surface area contributed by atoms with Crippen molar-refractivity contribution < 1.29 is 29.4 Å². The number of aromatic hydroxyl groups is 1. The van der Waals surface area contributed by atoms with E-state index < -0.39 is 47.9 Å². The van der Waals surface area contributed by atoms with Crippen LogP contribution in [0, 0.1) is 11.8 Å². The highest BCUT2D eigenvalue weighted by Gasteiger charge is 2.33. The van der Waals surface area contributed by atoms with Crippen molar-refractivity contribution in [2.24, 2.45) is 17.6 Å². The topological polar surface area (TPSA) is 187 Å². The van der Waals surface area contributed by atoms with Gasteiger partial charge in [0.25, 0.3) is 0 Å². The summed E-state index contributed by atoms with van der Waals surface area (Å²) in [4.78, 5) is 54.5. The first kappa shape index (κ1) is 31.2. The summed E-state index contributed by atoms with van der Waals surface area (Å²) in [5, 5.41) is 28.0. The number of carbonyl (C=O) groups is 4. The van der Waals surface area contributed by atoms with E-state index in [0.29, 0.717) is 5.56 Å². The number of fused-ring (bicyclic) bond motifs is 1. The van der Waals surface area contributed by atoms with Crippen molar-refractivity contribution in [3.63, 3.8) is 0 Å². The van der Waals surface area contributed by atoms with Gasteiger partial charge in [-0.15, -0.1) is 0 Å². The van der Waals surface area contributed by atoms with Gasteiger partial charge in [0.05, 0.1) is 6.04 Å². The number of carboxylic acid groups (broad SMARTS) is 1. The number of H-pyrrole nitrogens is 1. The van der Waals surface area contributed by atoms with Crippen LogP contribution in [0.25, 0.3) is 10.9 Å². The zero-order valence-electron chi connectivity index (χ0n) is 23.7. The van der Waals surface area contributed by atoms with Crippen LogP contribution in [0.15, 0.2) is 54.7 Å². The maximum Gasteiger partial charge on any atom is 0.326 e. The number of para-hydroxylation sites is 1. The number of aromatic nitrogens is 1. The fourth-order valence-corrected chi connectivity index (χ4v) is 4.53. The lowest BCUT2D eigenvalue weighted by Gasteiger charge is -2.28. The molecular formula is C30H39N5O6. The molecule has 0 aliphatic rings. The number of carbonyl (C=O) groups excluding carboxylic acids is 3. The molecule has 3 amide bonds. The number of hydrogen-bond donors (Lipinski definition) is 7. The molecule has 0 saturated carbocycles. The minimum Gasteiger partial charge on any atom is -0.508 e. The average molecular weight is 566 g/mol. The molecule has 11 heteroatoms. The first-order valence-corrected chi connectivity index (χ1v) is 13.6. The third-order valence-corrected chi connectivity index (χ3v) is 6.94. The first-order valence-electron chi connectivity index (χ1n) is 13.6. The summed E-state index contributed by atoms with van der Waals surface area (Å²) in [5.74, 6) is -3.70. The lowest BCUT2D eigenvalue weighted by Crippen LogP contribution is -2.59. The number of hydrogen-bond acceptors (Lipinski definition) is 6. The van der Waals surface area contributed by atoms with Crippen LogP contribution >= 0.6 is 0 Å². The molecule has 0 spiro atoms. The number of aromatic amines is 1. The monoisotopic (exact) mass is 565 g/mol. The van der Waals surface area contributed by atoms with E-state index in [-0.39, 0.29) is 30.4 Å². The van der Waals surface area contributed by atoms with Crippen molar-refractivity contribution in [1.29, 1.82) is 0 Å². The molecular weight excluding hydrogens is 526 g/mol. The summed E-state index contributed by atoms with van der Waals surface area (Å²) in [5.41, 5.74) is 8.69. The quantitative estimate of drug-likeness (QED) is 0.165. The molecule has 1 aromatic heterocycles. The average Bonchev–Trinajstić information content (AvgIpc) is 3.32. The number of rotatable bonds is 13. The van der Waals surface area contributed by atoms with Crippen molar-refractivity contribution in [2.45, 2.75) is 64.7 Å². The summed E-state index contributed by atoms with van der Waals surface area (Å²) in [6.07, 6.45) is 2.09. The highest BCUT2D eigenvalue weighted by Crippen LogP contribution is 2.19. The van der Waals surface area contributed by atoms with Gasteiger partial charge in [0.2, 0.25) is 17.7 Å². The third-order valence-electron chi connectivity index (χ3n) is 6.94. The summed E-state index contributed by atoms with van der Waals surface area (Å²) >= 11 is 0. The van der Waals surface area contributed by atoms with Crippen LogP contribution < -0.4 is 21.7 Å². The van der Waals surface area contributed by atoms with Crippen LogP contribution in [-0.2, 0) is 32.0 Å². The molecule has 8 N–H and O–H groups in total. The van der Waals surface area contributed by atoms with Gasteiger partial charge in [-0.2, -0.15) is 0 Å². The lowest BCUT2D eigenvalue weighted by molar-refractivity contribution is -0.143. The van der Waals surface area contributed by atoms with Gasteiger partial charge >= 0.3 is 5.97 Å². The number of amides is 3. The number of carboxylic acids is 1. The summed E-state index contributed by atoms with van der Waals surface area (Å²) < 4.78 is 0. The first-order chi connectivity index (χ1) is 19.4. The Morgan fingerprint density at radius 1 is 0.805 bits per heavy atom. The summed E-state index contributed by atoms with van der Waals surface area (Å²) in [7, 11) is 0. The highest BCUT2D eigenvalue weighted by molar-refractivity contribution is 5.94. The molecule has 3 aromatic rings. The number of benzene rings is 2. The van der Waals surface area contributed by atoms with Crippen LogP contribution in [0.3, 0.4) is 0 Å². The Bertz CT molecular complexity index is 1370. The maximum atomic E-state index is 13.5. The van der Waals surface area contributed by atoms with E-state index >= 15 is 0 Å². The molecule has 0 fully saturated rings. The van der Waals surface area contributed by atoms with Crippen LogP contribution in [0.2, 0.25) is 0 Å². The Morgan fingerprint density at radius 3 is 2.02 bits per heavy atom. The van der Waals surface area contributed by atoms with Crippen molar-refractivity contribution in [2.75, 3.05) is 0 Å². The second kappa shape index (κ2) is 13.8. The molecule has 0 aliphatic heterocycles. The fraction of sp³-hybridized carbons (Fsp3) is 0.400. The van der Waals surface area contributed by atoms with Crippen LogP contribution in [0.4, 0.5) is 0 Å². The van der Waals surface area contributed by atoms with Crippen LogP contribution in [-0.4, -0.2) is 63.1 Å². The number of nitrogens with two attached hydrogens (primary N) is 1. The van der Waals surface area contributed by atoms with Crippen molar-refractivity contribution in [1.82, 2.24) is 20.9 Å². The number of nitrogens with one attached hydrogen (secondary N) is 4. The van der Waals surface area contributed by atoms with E-state index in [1.165, 1.54) is 12.1 Å². The Kier molecular flexibility index (Phi) is 10.5. The minimum absolute atomic E-state index is 0.0502. The van der Waals surface area contributed by atoms with Gasteiger partial charge in [-0.3, -0.25) is 14.4 Å². The lowest BCUT2D eigenvalue weighted by atomic mass is 9.98. The van der Waals surface area contributed by atoms with Crippen molar-refractivity contribution >= 4 is 34.6 Å². The van der Waals surface area contributed by atoms with Crippen molar-refractivity contribution in [3.05, 3.63) is 65.9 Å². The molecule has 0 aliphatic carbocycles. The van der Waals surface area contributed by atoms with Gasteiger partial charge in [-0.05, 0) is 47.6 Å². The van der Waals surface area contributed by atoms with E-state index in [0.717, 1.165) is 16.5 Å². The predicted octanol–water partition coefficient (Wildman–Crippen LogP) is 1.84. The Morgan fingerprint density at radius 2 is 1.41 bits per heavy atom. The molecule has 220 valence electrons. The van der Waals surface area contributed by atoms with E-state index in [9.17, 15) is 29.4 Å². The SMILES string of the molecule is CC(C)C(NC(=O)C(NC(=O)C(Cc1ccc(O)cc1)NC(=O)C(N)Cc1c[nH]c2ccccc12)C(C)C)C(=O)O. The number of phenolic OH excluding ortho intramolecular Hbond substituents is 1. The largest absolute Gasteiger partial charge is 0.508 e. The zero-order chi connectivity index (χ0) is 30.3. The van der Waals surface area contributed by atoms with E-state index in [1.807, 2.05) is 24.3 Å². The molecule has 11 nitrogen and oxygen atoms in total. The van der Waals surface area contributed by atoms with Crippen LogP contribution in [0.1, 0.15) is 38.8 Å². The predicted molar refractivity (Wildman–Crippen MR) is 155 cm³/mol. The summed E-state index contributed by atoms with van der Waals surface area (Å²) in [6.45, 7) is 6.79.